The van der Waals surface area contributed by atoms with Crippen molar-refractivity contribution in [3.8, 4) is 0 Å². The fraction of sp³-hybridized carbons (Fsp3) is 1.00. The van der Waals surface area contributed by atoms with Crippen molar-refractivity contribution >= 4 is 30.4 Å². The van der Waals surface area contributed by atoms with Crippen LogP contribution < -0.4 is 0 Å². The van der Waals surface area contributed by atoms with Crippen LogP contribution >= 0.6 is 0 Å². The number of hydrogen-bond donors (Lipinski definition) is 0. The summed E-state index contributed by atoms with van der Waals surface area (Å²) in [6.07, 6.45) is -3.80. The molecule has 4 atom stereocenters. The van der Waals surface area contributed by atoms with Gasteiger partial charge in [0.2, 0.25) is 0 Å². The van der Waals surface area contributed by atoms with Gasteiger partial charge >= 0.3 is 0 Å². The second kappa shape index (κ2) is 7.26. The summed E-state index contributed by atoms with van der Waals surface area (Å²) in [5, 5.41) is 0. The molecule has 0 amide bonds. The molecule has 1 saturated heterocycles. The Balaban J connectivity index is 3.23. The van der Waals surface area contributed by atoms with E-state index in [1.165, 1.54) is 7.11 Å². The van der Waals surface area contributed by atoms with E-state index in [0.29, 0.717) is 6.26 Å². The van der Waals surface area contributed by atoms with Crippen LogP contribution in [0.3, 0.4) is 0 Å². The van der Waals surface area contributed by atoms with Crippen LogP contribution in [0, 0.1) is 0 Å². The predicted octanol–water partition coefficient (Wildman–Crippen LogP) is -1.98. The van der Waals surface area contributed by atoms with Crippen LogP contribution in [0.5, 0.6) is 0 Å². The molecule has 138 valence electrons. The van der Waals surface area contributed by atoms with Crippen molar-refractivity contribution in [3.63, 3.8) is 0 Å². The molecule has 0 N–H and O–H groups in total. The molecule has 14 heteroatoms. The molecular formula is C9H18O11S3. The molecule has 1 heterocycles. The number of hydrogen-bond acceptors (Lipinski definition) is 11. The lowest BCUT2D eigenvalue weighted by molar-refractivity contribution is -0.243. The maximum Gasteiger partial charge on any atom is 0.264 e. The van der Waals surface area contributed by atoms with Crippen LogP contribution in [0.25, 0.3) is 0 Å². The van der Waals surface area contributed by atoms with Crippen LogP contribution in [0.1, 0.15) is 0 Å². The standard InChI is InChI=1S/C9H18O11S3/c1-16-9-8(20-23(4,14)15)7(19-22(3,12)13)6(5-17-9)18-21(2,10)11/h6-9H,5H2,1-4H3/t6-,7-,8-,9-/m1/s1. The predicted molar refractivity (Wildman–Crippen MR) is 75.9 cm³/mol. The molecular weight excluding hydrogens is 380 g/mol. The van der Waals surface area contributed by atoms with Gasteiger partial charge in [0.05, 0.1) is 25.4 Å². The van der Waals surface area contributed by atoms with E-state index in [2.05, 4.69) is 0 Å². The minimum Gasteiger partial charge on any atom is -0.353 e. The first-order valence-corrected chi connectivity index (χ1v) is 11.5. The highest BCUT2D eigenvalue weighted by Crippen LogP contribution is 2.27. The summed E-state index contributed by atoms with van der Waals surface area (Å²) in [5.74, 6) is 0. The zero-order chi connectivity index (χ0) is 18.1. The Morgan fingerprint density at radius 2 is 1.22 bits per heavy atom. The Kier molecular flexibility index (Phi) is 6.54. The van der Waals surface area contributed by atoms with E-state index in [-0.39, 0.29) is 0 Å². The Hall–Kier alpha value is -0.350. The fourth-order valence-electron chi connectivity index (χ4n) is 1.88. The van der Waals surface area contributed by atoms with Gasteiger partial charge in [-0.3, -0.25) is 12.5 Å². The Bertz CT molecular complexity index is 708. The Morgan fingerprint density at radius 3 is 1.61 bits per heavy atom. The summed E-state index contributed by atoms with van der Waals surface area (Å²) < 4.78 is 92.3. The topological polar surface area (TPSA) is 149 Å². The van der Waals surface area contributed by atoms with Gasteiger partial charge in [0.15, 0.2) is 12.4 Å². The highest BCUT2D eigenvalue weighted by atomic mass is 32.2. The quantitative estimate of drug-likeness (QED) is 0.439. The third-order valence-electron chi connectivity index (χ3n) is 2.49. The molecule has 0 aromatic heterocycles. The number of rotatable bonds is 7. The second-order valence-electron chi connectivity index (χ2n) is 4.81. The maximum absolute atomic E-state index is 11.4. The SMILES string of the molecule is CO[C@@H]1OC[C@@H](OS(C)(=O)=O)[C@@H](OS(C)(=O)=O)[C@H]1OS(C)(=O)=O. The molecule has 1 rings (SSSR count). The van der Waals surface area contributed by atoms with E-state index in [0.717, 1.165) is 12.5 Å². The molecule has 1 aliphatic rings. The van der Waals surface area contributed by atoms with Crippen molar-refractivity contribution in [2.24, 2.45) is 0 Å². The molecule has 0 spiro atoms. The lowest BCUT2D eigenvalue weighted by Gasteiger charge is -2.39. The zero-order valence-electron chi connectivity index (χ0n) is 12.7. The molecule has 0 aromatic rings. The Labute approximate surface area is 135 Å². The highest BCUT2D eigenvalue weighted by molar-refractivity contribution is 7.86. The first-order chi connectivity index (χ1) is 10.2. The summed E-state index contributed by atoms with van der Waals surface area (Å²) >= 11 is 0. The van der Waals surface area contributed by atoms with E-state index in [1.54, 1.807) is 0 Å². The Morgan fingerprint density at radius 1 is 0.783 bits per heavy atom. The molecule has 11 nitrogen and oxygen atoms in total. The van der Waals surface area contributed by atoms with Crippen LogP contribution in [-0.2, 0) is 52.4 Å². The van der Waals surface area contributed by atoms with Crippen molar-refractivity contribution in [2.75, 3.05) is 32.5 Å². The average molecular weight is 398 g/mol. The monoisotopic (exact) mass is 398 g/mol. The van der Waals surface area contributed by atoms with Crippen molar-refractivity contribution in [1.82, 2.24) is 0 Å². The third-order valence-corrected chi connectivity index (χ3v) is 4.23. The minimum atomic E-state index is -4.09. The number of ether oxygens (including phenoxy) is 2. The van der Waals surface area contributed by atoms with Crippen LogP contribution in [0.4, 0.5) is 0 Å². The molecule has 0 saturated carbocycles. The van der Waals surface area contributed by atoms with Gasteiger partial charge in [0.25, 0.3) is 30.4 Å². The molecule has 1 aliphatic heterocycles. The lowest BCUT2D eigenvalue weighted by atomic mass is 10.1. The molecule has 0 aromatic carbocycles. The molecule has 0 unspecified atom stereocenters. The van der Waals surface area contributed by atoms with Gasteiger partial charge in [0, 0.05) is 7.11 Å². The van der Waals surface area contributed by atoms with E-state index >= 15 is 0 Å². The van der Waals surface area contributed by atoms with Crippen molar-refractivity contribution in [2.45, 2.75) is 24.6 Å². The van der Waals surface area contributed by atoms with Crippen molar-refractivity contribution in [3.05, 3.63) is 0 Å². The minimum absolute atomic E-state index is 0.421. The number of methoxy groups -OCH3 is 1. The van der Waals surface area contributed by atoms with Crippen molar-refractivity contribution < 1.29 is 47.3 Å². The molecule has 0 bridgehead atoms. The first-order valence-electron chi connectivity index (χ1n) is 6.01. The molecule has 1 fully saturated rings. The third kappa shape index (κ3) is 7.38. The van der Waals surface area contributed by atoms with E-state index in [4.69, 9.17) is 22.0 Å². The lowest BCUT2D eigenvalue weighted by Crippen LogP contribution is -2.57. The van der Waals surface area contributed by atoms with Crippen LogP contribution in [-0.4, -0.2) is 82.3 Å². The van der Waals surface area contributed by atoms with Gasteiger partial charge in [0.1, 0.15) is 12.2 Å². The van der Waals surface area contributed by atoms with Gasteiger partial charge in [-0.25, -0.2) is 0 Å². The van der Waals surface area contributed by atoms with Crippen LogP contribution in [0.15, 0.2) is 0 Å². The first kappa shape index (κ1) is 20.7. The van der Waals surface area contributed by atoms with Gasteiger partial charge < -0.3 is 9.47 Å². The van der Waals surface area contributed by atoms with Gasteiger partial charge in [-0.2, -0.15) is 25.3 Å². The molecule has 0 aliphatic carbocycles. The average Bonchev–Trinajstić information content (AvgIpc) is 2.28. The zero-order valence-corrected chi connectivity index (χ0v) is 15.2. The fourth-order valence-corrected chi connectivity index (χ4v) is 3.73. The van der Waals surface area contributed by atoms with Gasteiger partial charge in [-0.05, 0) is 0 Å². The summed E-state index contributed by atoms with van der Waals surface area (Å²) in [6.45, 7) is -0.421. The summed E-state index contributed by atoms with van der Waals surface area (Å²) in [7, 11) is -11.0. The summed E-state index contributed by atoms with van der Waals surface area (Å²) in [4.78, 5) is 0. The van der Waals surface area contributed by atoms with E-state index in [1.807, 2.05) is 0 Å². The van der Waals surface area contributed by atoms with E-state index < -0.39 is 61.6 Å². The molecule has 23 heavy (non-hydrogen) atoms. The summed E-state index contributed by atoms with van der Waals surface area (Å²) in [6, 6.07) is 0. The van der Waals surface area contributed by atoms with Gasteiger partial charge in [-0.15, -0.1) is 0 Å². The van der Waals surface area contributed by atoms with Gasteiger partial charge in [-0.1, -0.05) is 0 Å². The maximum atomic E-state index is 11.4. The molecule has 0 radical (unpaired) electrons. The van der Waals surface area contributed by atoms with Crippen LogP contribution in [0.2, 0.25) is 0 Å². The smallest absolute Gasteiger partial charge is 0.264 e. The largest absolute Gasteiger partial charge is 0.353 e. The van der Waals surface area contributed by atoms with E-state index in [9.17, 15) is 25.3 Å². The normalized spacial score (nSPS) is 30.3. The summed E-state index contributed by atoms with van der Waals surface area (Å²) in [5.41, 5.74) is 0. The van der Waals surface area contributed by atoms with Crippen molar-refractivity contribution in [1.29, 1.82) is 0 Å². The second-order valence-corrected chi connectivity index (χ2v) is 9.61. The highest BCUT2D eigenvalue weighted by Gasteiger charge is 2.48.